The van der Waals surface area contributed by atoms with Crippen molar-refractivity contribution in [1.29, 1.82) is 0 Å². The summed E-state index contributed by atoms with van der Waals surface area (Å²) in [6.45, 7) is 1.85. The molecule has 1 aromatic rings. The first kappa shape index (κ1) is 17.0. The molecule has 1 atom stereocenters. The Morgan fingerprint density at radius 3 is 2.44 bits per heavy atom. The zero-order valence-electron chi connectivity index (χ0n) is 9.63. The van der Waals surface area contributed by atoms with Gasteiger partial charge in [0.15, 0.2) is 0 Å². The van der Waals surface area contributed by atoms with Gasteiger partial charge in [0.05, 0.1) is 0 Å². The van der Waals surface area contributed by atoms with Crippen molar-refractivity contribution < 1.29 is 22.3 Å². The summed E-state index contributed by atoms with van der Waals surface area (Å²) in [5, 5.41) is 0. The molecule has 0 bridgehead atoms. The van der Waals surface area contributed by atoms with Crippen LogP contribution in [0.25, 0.3) is 0 Å². The van der Waals surface area contributed by atoms with Crippen LogP contribution in [-0.2, 0) is 0 Å². The van der Waals surface area contributed by atoms with E-state index in [0.717, 1.165) is 18.2 Å². The fraction of sp³-hybridized carbons (Fsp3) is 0.455. The molecular weight excluding hydrogens is 274 g/mol. The van der Waals surface area contributed by atoms with E-state index in [-0.39, 0.29) is 18.0 Å². The second kappa shape index (κ2) is 6.80. The molecule has 1 rings (SSSR count). The van der Waals surface area contributed by atoms with E-state index < -0.39 is 24.0 Å². The number of hydrogen-bond acceptors (Lipinski definition) is 2. The lowest BCUT2D eigenvalue weighted by molar-refractivity contribution is -0.274. The van der Waals surface area contributed by atoms with Gasteiger partial charge in [-0.2, -0.15) is 0 Å². The van der Waals surface area contributed by atoms with Crippen LogP contribution in [0.4, 0.5) is 17.6 Å². The maximum atomic E-state index is 13.4. The van der Waals surface area contributed by atoms with Crippen molar-refractivity contribution in [2.75, 3.05) is 0 Å². The Kier molecular flexibility index (Phi) is 6.42. The van der Waals surface area contributed by atoms with Crippen LogP contribution >= 0.6 is 12.4 Å². The first-order valence-electron chi connectivity index (χ1n) is 5.14. The number of hydrogen-bond donors (Lipinski definition) is 1. The molecule has 18 heavy (non-hydrogen) atoms. The lowest BCUT2D eigenvalue weighted by Gasteiger charge is -2.14. The molecule has 0 fully saturated rings. The third-order valence-corrected chi connectivity index (χ3v) is 2.20. The maximum Gasteiger partial charge on any atom is 0.573 e. The largest absolute Gasteiger partial charge is 0.573 e. The van der Waals surface area contributed by atoms with Gasteiger partial charge in [-0.05, 0) is 24.6 Å². The quantitative estimate of drug-likeness (QED) is 0.851. The highest BCUT2D eigenvalue weighted by Crippen LogP contribution is 2.28. The van der Waals surface area contributed by atoms with Gasteiger partial charge in [-0.3, -0.25) is 0 Å². The first-order chi connectivity index (χ1) is 7.83. The fourth-order valence-corrected chi connectivity index (χ4v) is 1.47. The van der Waals surface area contributed by atoms with E-state index >= 15 is 0 Å². The van der Waals surface area contributed by atoms with Crippen LogP contribution in [-0.4, -0.2) is 6.36 Å². The van der Waals surface area contributed by atoms with Crippen molar-refractivity contribution >= 4 is 12.4 Å². The smallest absolute Gasteiger partial charge is 0.406 e. The average Bonchev–Trinajstić information content (AvgIpc) is 2.19. The van der Waals surface area contributed by atoms with Crippen LogP contribution in [0.2, 0.25) is 0 Å². The summed E-state index contributed by atoms with van der Waals surface area (Å²) in [7, 11) is 0. The summed E-state index contributed by atoms with van der Waals surface area (Å²) in [4.78, 5) is 0. The second-order valence-electron chi connectivity index (χ2n) is 3.63. The predicted molar refractivity (Wildman–Crippen MR) is 62.2 cm³/mol. The van der Waals surface area contributed by atoms with E-state index in [9.17, 15) is 17.6 Å². The molecule has 0 spiro atoms. The zero-order chi connectivity index (χ0) is 13.1. The molecule has 0 saturated carbocycles. The lowest BCUT2D eigenvalue weighted by atomic mass is 10.0. The summed E-state index contributed by atoms with van der Waals surface area (Å²) in [5.74, 6) is -1.08. The van der Waals surface area contributed by atoms with Gasteiger partial charge in [-0.25, -0.2) is 4.39 Å². The topological polar surface area (TPSA) is 35.2 Å². The Hall–Kier alpha value is -1.01. The van der Waals surface area contributed by atoms with Gasteiger partial charge in [-0.1, -0.05) is 13.3 Å². The third kappa shape index (κ3) is 5.10. The summed E-state index contributed by atoms with van der Waals surface area (Å²) in [6.07, 6.45) is -3.58. The SMILES string of the molecule is CCC[C@@H](N)c1cc(OC(F)(F)F)ccc1F.Cl. The molecule has 0 aliphatic carbocycles. The van der Waals surface area contributed by atoms with Crippen LogP contribution in [0.15, 0.2) is 18.2 Å². The van der Waals surface area contributed by atoms with Crippen molar-refractivity contribution in [2.45, 2.75) is 32.2 Å². The van der Waals surface area contributed by atoms with Gasteiger partial charge in [0, 0.05) is 11.6 Å². The Morgan fingerprint density at radius 1 is 1.33 bits per heavy atom. The minimum atomic E-state index is -4.79. The molecule has 0 radical (unpaired) electrons. The number of rotatable bonds is 4. The van der Waals surface area contributed by atoms with Crippen LogP contribution in [0.5, 0.6) is 5.75 Å². The van der Waals surface area contributed by atoms with Crippen molar-refractivity contribution in [3.63, 3.8) is 0 Å². The van der Waals surface area contributed by atoms with E-state index in [4.69, 9.17) is 5.73 Å². The van der Waals surface area contributed by atoms with Gasteiger partial charge in [0.2, 0.25) is 0 Å². The Balaban J connectivity index is 0.00000289. The van der Waals surface area contributed by atoms with Crippen molar-refractivity contribution in [3.8, 4) is 5.75 Å². The van der Waals surface area contributed by atoms with Gasteiger partial charge in [0.25, 0.3) is 0 Å². The highest BCUT2D eigenvalue weighted by molar-refractivity contribution is 5.85. The molecule has 2 N–H and O–H groups in total. The van der Waals surface area contributed by atoms with Crippen LogP contribution in [0.1, 0.15) is 31.4 Å². The monoisotopic (exact) mass is 287 g/mol. The molecule has 0 unspecified atom stereocenters. The Bertz CT molecular complexity index is 384. The number of benzene rings is 1. The highest BCUT2D eigenvalue weighted by atomic mass is 35.5. The molecular formula is C11H14ClF4NO. The van der Waals surface area contributed by atoms with Crippen molar-refractivity contribution in [1.82, 2.24) is 0 Å². The lowest BCUT2D eigenvalue weighted by Crippen LogP contribution is -2.18. The minimum absolute atomic E-state index is 0. The van der Waals surface area contributed by atoms with Crippen LogP contribution in [0, 0.1) is 5.82 Å². The summed E-state index contributed by atoms with van der Waals surface area (Å²) in [5.41, 5.74) is 5.70. The van der Waals surface area contributed by atoms with E-state index in [1.165, 1.54) is 0 Å². The molecule has 0 amide bonds. The average molecular weight is 288 g/mol. The molecule has 2 nitrogen and oxygen atoms in total. The molecule has 0 heterocycles. The molecule has 0 aliphatic rings. The number of alkyl halides is 3. The van der Waals surface area contributed by atoms with Gasteiger partial charge < -0.3 is 10.5 Å². The number of nitrogens with two attached hydrogens (primary N) is 1. The van der Waals surface area contributed by atoms with Crippen molar-refractivity contribution in [3.05, 3.63) is 29.6 Å². The first-order valence-corrected chi connectivity index (χ1v) is 5.14. The summed E-state index contributed by atoms with van der Waals surface area (Å²) in [6, 6.07) is 2.21. The second-order valence-corrected chi connectivity index (χ2v) is 3.63. The van der Waals surface area contributed by atoms with Crippen LogP contribution < -0.4 is 10.5 Å². The van der Waals surface area contributed by atoms with Gasteiger partial charge in [0.1, 0.15) is 11.6 Å². The number of ether oxygens (including phenoxy) is 1. The normalized spacial score (nSPS) is 12.8. The third-order valence-electron chi connectivity index (χ3n) is 2.20. The fourth-order valence-electron chi connectivity index (χ4n) is 1.47. The maximum absolute atomic E-state index is 13.4. The molecule has 0 aliphatic heterocycles. The van der Waals surface area contributed by atoms with E-state index in [1.807, 2.05) is 6.92 Å². The van der Waals surface area contributed by atoms with Crippen molar-refractivity contribution in [2.24, 2.45) is 5.73 Å². The van der Waals surface area contributed by atoms with E-state index in [2.05, 4.69) is 4.74 Å². The molecule has 0 aromatic heterocycles. The van der Waals surface area contributed by atoms with Gasteiger partial charge >= 0.3 is 6.36 Å². The summed E-state index contributed by atoms with van der Waals surface area (Å²) >= 11 is 0. The highest BCUT2D eigenvalue weighted by Gasteiger charge is 2.31. The zero-order valence-corrected chi connectivity index (χ0v) is 10.4. The molecule has 1 aromatic carbocycles. The standard InChI is InChI=1S/C11H13F4NO.ClH/c1-2-3-10(16)8-6-7(4-5-9(8)12)17-11(13,14)15;/h4-6,10H,2-3,16H2,1H3;1H/t10-;/m1./s1. The molecule has 104 valence electrons. The Labute approximate surface area is 109 Å². The molecule has 0 saturated heterocycles. The predicted octanol–water partition coefficient (Wildman–Crippen LogP) is 3.95. The number of halogens is 5. The van der Waals surface area contributed by atoms with Crippen LogP contribution in [0.3, 0.4) is 0 Å². The summed E-state index contributed by atoms with van der Waals surface area (Å²) < 4.78 is 53.0. The van der Waals surface area contributed by atoms with Gasteiger partial charge in [-0.15, -0.1) is 25.6 Å². The Morgan fingerprint density at radius 2 is 1.94 bits per heavy atom. The van der Waals surface area contributed by atoms with E-state index in [1.54, 1.807) is 0 Å². The molecule has 7 heteroatoms. The van der Waals surface area contributed by atoms with E-state index in [0.29, 0.717) is 12.8 Å². The minimum Gasteiger partial charge on any atom is -0.406 e.